The summed E-state index contributed by atoms with van der Waals surface area (Å²) in [5.74, 6) is 0.572. The van der Waals surface area contributed by atoms with Gasteiger partial charge in [-0.05, 0) is 12.1 Å². The summed E-state index contributed by atoms with van der Waals surface area (Å²) in [6.45, 7) is 0.318. The summed E-state index contributed by atoms with van der Waals surface area (Å²) < 4.78 is 15.6. The van der Waals surface area contributed by atoms with E-state index in [9.17, 15) is 0 Å². The highest BCUT2D eigenvalue weighted by molar-refractivity contribution is 5.78. The zero-order valence-corrected chi connectivity index (χ0v) is 9.92. The summed E-state index contributed by atoms with van der Waals surface area (Å²) in [7, 11) is 3.15. The molecule has 0 bridgehead atoms. The summed E-state index contributed by atoms with van der Waals surface area (Å²) in [5, 5.41) is 1.09. The molecule has 0 unspecified atom stereocenters. The van der Waals surface area contributed by atoms with E-state index in [4.69, 9.17) is 14.2 Å². The fourth-order valence-corrected chi connectivity index (χ4v) is 1.51. The molecule has 0 N–H and O–H groups in total. The van der Waals surface area contributed by atoms with Crippen molar-refractivity contribution in [3.8, 4) is 5.88 Å². The lowest BCUT2D eigenvalue weighted by atomic mass is 10.2. The van der Waals surface area contributed by atoms with Gasteiger partial charge in [0.25, 0.3) is 0 Å². The lowest BCUT2D eigenvalue weighted by molar-refractivity contribution is -0.122. The van der Waals surface area contributed by atoms with Gasteiger partial charge in [0, 0.05) is 25.7 Å². The first-order chi connectivity index (χ1) is 8.33. The molecule has 0 amide bonds. The van der Waals surface area contributed by atoms with Crippen LogP contribution in [0.4, 0.5) is 0 Å². The van der Waals surface area contributed by atoms with Crippen LogP contribution in [0.5, 0.6) is 5.88 Å². The van der Waals surface area contributed by atoms with Crippen LogP contribution in [0, 0.1) is 0 Å². The number of aromatic nitrogens is 1. The van der Waals surface area contributed by atoms with Crippen molar-refractivity contribution in [3.63, 3.8) is 0 Å². The van der Waals surface area contributed by atoms with E-state index in [-0.39, 0.29) is 6.29 Å². The Labute approximate surface area is 100 Å². The van der Waals surface area contributed by atoms with Gasteiger partial charge in [-0.2, -0.15) is 0 Å². The number of rotatable bonds is 5. The number of ether oxygens (including phenoxy) is 3. The Morgan fingerprint density at radius 2 is 1.82 bits per heavy atom. The number of nitrogens with zero attached hydrogens (tertiary/aromatic N) is 1. The Balaban J connectivity index is 2.09. The van der Waals surface area contributed by atoms with Gasteiger partial charge in [-0.3, -0.25) is 0 Å². The third-order valence-electron chi connectivity index (χ3n) is 2.47. The van der Waals surface area contributed by atoms with Crippen LogP contribution >= 0.6 is 0 Å². The Morgan fingerprint density at radius 3 is 2.59 bits per heavy atom. The number of hydrogen-bond donors (Lipinski definition) is 0. The average Bonchev–Trinajstić information content (AvgIpc) is 2.40. The number of methoxy groups -OCH3 is 2. The SMILES string of the molecule is COC(COc1ccc2ccccc2n1)OC. The lowest BCUT2D eigenvalue weighted by Gasteiger charge is -2.13. The minimum atomic E-state index is -0.372. The van der Waals surface area contributed by atoms with Crippen LogP contribution in [0.1, 0.15) is 0 Å². The molecule has 0 saturated carbocycles. The summed E-state index contributed by atoms with van der Waals surface area (Å²) in [5.41, 5.74) is 0.913. The molecule has 0 aliphatic rings. The zero-order valence-electron chi connectivity index (χ0n) is 9.92. The van der Waals surface area contributed by atoms with Crippen LogP contribution in [-0.4, -0.2) is 32.1 Å². The third-order valence-corrected chi connectivity index (χ3v) is 2.47. The van der Waals surface area contributed by atoms with Gasteiger partial charge in [0.1, 0.15) is 6.61 Å². The highest BCUT2D eigenvalue weighted by Gasteiger charge is 2.06. The van der Waals surface area contributed by atoms with Crippen LogP contribution in [0.2, 0.25) is 0 Å². The van der Waals surface area contributed by atoms with Crippen molar-refractivity contribution >= 4 is 10.9 Å². The predicted molar refractivity (Wildman–Crippen MR) is 65.0 cm³/mol. The van der Waals surface area contributed by atoms with Crippen LogP contribution < -0.4 is 4.74 Å². The van der Waals surface area contributed by atoms with Gasteiger partial charge in [-0.15, -0.1) is 0 Å². The quantitative estimate of drug-likeness (QED) is 0.742. The highest BCUT2D eigenvalue weighted by Crippen LogP contribution is 2.16. The molecular weight excluding hydrogens is 218 g/mol. The van der Waals surface area contributed by atoms with Gasteiger partial charge in [-0.1, -0.05) is 18.2 Å². The van der Waals surface area contributed by atoms with Crippen molar-refractivity contribution < 1.29 is 14.2 Å². The van der Waals surface area contributed by atoms with Crippen molar-refractivity contribution in [2.24, 2.45) is 0 Å². The normalized spacial score (nSPS) is 11.0. The monoisotopic (exact) mass is 233 g/mol. The van der Waals surface area contributed by atoms with Crippen molar-refractivity contribution in [1.82, 2.24) is 4.98 Å². The summed E-state index contributed by atoms with van der Waals surface area (Å²) in [6, 6.07) is 11.7. The van der Waals surface area contributed by atoms with Gasteiger partial charge < -0.3 is 14.2 Å². The molecule has 90 valence electrons. The first-order valence-corrected chi connectivity index (χ1v) is 5.37. The Kier molecular flexibility index (Phi) is 3.90. The van der Waals surface area contributed by atoms with E-state index in [1.165, 1.54) is 0 Å². The molecule has 0 saturated heterocycles. The van der Waals surface area contributed by atoms with Gasteiger partial charge in [0.05, 0.1) is 5.52 Å². The largest absolute Gasteiger partial charge is 0.472 e. The minimum absolute atomic E-state index is 0.318. The average molecular weight is 233 g/mol. The second-order valence-corrected chi connectivity index (χ2v) is 3.55. The molecule has 0 aliphatic heterocycles. The van der Waals surface area contributed by atoms with Gasteiger partial charge >= 0.3 is 0 Å². The zero-order chi connectivity index (χ0) is 12.1. The van der Waals surface area contributed by atoms with E-state index in [1.54, 1.807) is 14.2 Å². The molecule has 4 nitrogen and oxygen atoms in total. The molecule has 4 heteroatoms. The summed E-state index contributed by atoms with van der Waals surface area (Å²) in [4.78, 5) is 4.38. The van der Waals surface area contributed by atoms with Crippen molar-refractivity contribution in [3.05, 3.63) is 36.4 Å². The van der Waals surface area contributed by atoms with E-state index in [0.29, 0.717) is 12.5 Å². The van der Waals surface area contributed by atoms with E-state index in [2.05, 4.69) is 4.98 Å². The molecular formula is C13H15NO3. The molecule has 1 aromatic carbocycles. The smallest absolute Gasteiger partial charge is 0.213 e. The number of fused-ring (bicyclic) bond motifs is 1. The van der Waals surface area contributed by atoms with Crippen molar-refractivity contribution in [2.75, 3.05) is 20.8 Å². The van der Waals surface area contributed by atoms with E-state index in [1.807, 2.05) is 36.4 Å². The maximum absolute atomic E-state index is 5.50. The summed E-state index contributed by atoms with van der Waals surface area (Å²) in [6.07, 6.45) is -0.372. The molecule has 0 radical (unpaired) electrons. The first-order valence-electron chi connectivity index (χ1n) is 5.37. The maximum Gasteiger partial charge on any atom is 0.213 e. The first kappa shape index (κ1) is 11.8. The molecule has 0 fully saturated rings. The molecule has 0 spiro atoms. The standard InChI is InChI=1S/C13H15NO3/c1-15-13(16-2)9-17-12-8-7-10-5-3-4-6-11(10)14-12/h3-8,13H,9H2,1-2H3. The van der Waals surface area contributed by atoms with Crippen LogP contribution in [-0.2, 0) is 9.47 Å². The number of para-hydroxylation sites is 1. The Hall–Kier alpha value is -1.65. The second-order valence-electron chi connectivity index (χ2n) is 3.55. The van der Waals surface area contributed by atoms with Crippen LogP contribution in [0.3, 0.4) is 0 Å². The molecule has 1 heterocycles. The molecule has 2 aromatic rings. The molecule has 2 rings (SSSR count). The fraction of sp³-hybridized carbons (Fsp3) is 0.308. The molecule has 17 heavy (non-hydrogen) atoms. The topological polar surface area (TPSA) is 40.6 Å². The Bertz CT molecular complexity index is 483. The molecule has 1 aromatic heterocycles. The lowest BCUT2D eigenvalue weighted by Crippen LogP contribution is -2.22. The van der Waals surface area contributed by atoms with E-state index >= 15 is 0 Å². The van der Waals surface area contributed by atoms with Crippen molar-refractivity contribution in [1.29, 1.82) is 0 Å². The maximum atomic E-state index is 5.50. The number of hydrogen-bond acceptors (Lipinski definition) is 4. The molecule has 0 aliphatic carbocycles. The predicted octanol–water partition coefficient (Wildman–Crippen LogP) is 2.23. The third kappa shape index (κ3) is 2.93. The molecule has 0 atom stereocenters. The van der Waals surface area contributed by atoms with Gasteiger partial charge in [-0.25, -0.2) is 4.98 Å². The fourth-order valence-electron chi connectivity index (χ4n) is 1.51. The van der Waals surface area contributed by atoms with Gasteiger partial charge in [0.2, 0.25) is 5.88 Å². The number of pyridine rings is 1. The van der Waals surface area contributed by atoms with Crippen molar-refractivity contribution in [2.45, 2.75) is 6.29 Å². The minimum Gasteiger partial charge on any atom is -0.472 e. The van der Waals surface area contributed by atoms with Crippen LogP contribution in [0.25, 0.3) is 10.9 Å². The highest BCUT2D eigenvalue weighted by atomic mass is 16.7. The Morgan fingerprint density at radius 1 is 1.06 bits per heavy atom. The van der Waals surface area contributed by atoms with E-state index in [0.717, 1.165) is 10.9 Å². The number of benzene rings is 1. The summed E-state index contributed by atoms with van der Waals surface area (Å²) >= 11 is 0. The van der Waals surface area contributed by atoms with E-state index < -0.39 is 0 Å². The van der Waals surface area contributed by atoms with Gasteiger partial charge in [0.15, 0.2) is 6.29 Å². The van der Waals surface area contributed by atoms with Crippen LogP contribution in [0.15, 0.2) is 36.4 Å². The second kappa shape index (κ2) is 5.61.